The minimum atomic E-state index is -0.422. The summed E-state index contributed by atoms with van der Waals surface area (Å²) in [6, 6.07) is 8.67. The fraction of sp³-hybridized carbons (Fsp3) is 0.200. The molecule has 7 heteroatoms. The molecular formula is C20H18ClFN2O3. The Morgan fingerprint density at radius 1 is 1.22 bits per heavy atom. The van der Waals surface area contributed by atoms with Crippen LogP contribution in [0.1, 0.15) is 21.6 Å². The molecule has 5 nitrogen and oxygen atoms in total. The zero-order chi connectivity index (χ0) is 19.7. The van der Waals surface area contributed by atoms with Crippen molar-refractivity contribution >= 4 is 34.3 Å². The Morgan fingerprint density at radius 3 is 2.48 bits per heavy atom. The monoisotopic (exact) mass is 388 g/mol. The molecule has 3 rings (SSSR count). The molecule has 0 atom stereocenters. The lowest BCUT2D eigenvalue weighted by molar-refractivity contribution is -0.119. The lowest BCUT2D eigenvalue weighted by Crippen LogP contribution is -2.20. The Bertz CT molecular complexity index is 1040. The van der Waals surface area contributed by atoms with Gasteiger partial charge < -0.3 is 10.1 Å². The van der Waals surface area contributed by atoms with Gasteiger partial charge in [0.25, 0.3) is 5.91 Å². The number of methoxy groups -OCH3 is 1. The first-order valence-corrected chi connectivity index (χ1v) is 8.63. The van der Waals surface area contributed by atoms with Crippen LogP contribution in [-0.2, 0) is 11.2 Å². The highest BCUT2D eigenvalue weighted by atomic mass is 35.5. The smallest absolute Gasteiger partial charge is 0.262 e. The zero-order valence-electron chi connectivity index (χ0n) is 15.1. The summed E-state index contributed by atoms with van der Waals surface area (Å²) in [5, 5.41) is 3.64. The number of rotatable bonds is 4. The summed E-state index contributed by atoms with van der Waals surface area (Å²) in [7, 11) is 3.05. The molecule has 3 aromatic rings. The van der Waals surface area contributed by atoms with Gasteiger partial charge >= 0.3 is 0 Å². The molecule has 27 heavy (non-hydrogen) atoms. The van der Waals surface area contributed by atoms with E-state index in [4.69, 9.17) is 16.3 Å². The number of hydrogen-bond donors (Lipinski definition) is 1. The maximum atomic E-state index is 13.2. The number of carbonyl (C=O) groups excluding carboxylic acids is 2. The van der Waals surface area contributed by atoms with Gasteiger partial charge in [-0.2, -0.15) is 0 Å². The van der Waals surface area contributed by atoms with E-state index >= 15 is 0 Å². The Labute approximate surface area is 160 Å². The van der Waals surface area contributed by atoms with E-state index in [0.717, 1.165) is 0 Å². The molecule has 0 saturated carbocycles. The summed E-state index contributed by atoms with van der Waals surface area (Å²) in [6.07, 6.45) is 0.104. The number of halogens is 2. The lowest BCUT2D eigenvalue weighted by Gasteiger charge is -2.08. The van der Waals surface area contributed by atoms with Crippen molar-refractivity contribution in [2.24, 2.45) is 0 Å². The summed E-state index contributed by atoms with van der Waals surface area (Å²) in [4.78, 5) is 25.1. The van der Waals surface area contributed by atoms with Gasteiger partial charge in [0.15, 0.2) is 0 Å². The molecule has 140 valence electrons. The van der Waals surface area contributed by atoms with E-state index in [1.54, 1.807) is 26.1 Å². The van der Waals surface area contributed by atoms with Crippen LogP contribution in [0.15, 0.2) is 36.4 Å². The molecule has 0 spiro atoms. The van der Waals surface area contributed by atoms with E-state index in [-0.39, 0.29) is 18.2 Å². The summed E-state index contributed by atoms with van der Waals surface area (Å²) in [6.45, 7) is 1.76. The first-order valence-electron chi connectivity index (χ1n) is 8.25. The van der Waals surface area contributed by atoms with E-state index < -0.39 is 5.82 Å². The van der Waals surface area contributed by atoms with Gasteiger partial charge in [-0.25, -0.2) is 4.39 Å². The number of amides is 1. The van der Waals surface area contributed by atoms with Crippen LogP contribution in [0.5, 0.6) is 5.75 Å². The molecular weight excluding hydrogens is 371 g/mol. The van der Waals surface area contributed by atoms with Gasteiger partial charge in [-0.3, -0.25) is 14.2 Å². The van der Waals surface area contributed by atoms with Gasteiger partial charge in [0.2, 0.25) is 5.91 Å². The van der Waals surface area contributed by atoms with Crippen molar-refractivity contribution < 1.29 is 18.7 Å². The average molecular weight is 389 g/mol. The van der Waals surface area contributed by atoms with Crippen LogP contribution in [0.4, 0.5) is 4.39 Å². The van der Waals surface area contributed by atoms with Gasteiger partial charge in [0.05, 0.1) is 24.1 Å². The SMILES string of the molecule is CNC(=O)Cc1c(C)n(C(=O)c2ccc(F)cc2)c2cc(Cl)c(OC)cc12. The van der Waals surface area contributed by atoms with E-state index in [2.05, 4.69) is 5.32 Å². The van der Waals surface area contributed by atoms with Crippen molar-refractivity contribution in [2.75, 3.05) is 14.2 Å². The lowest BCUT2D eigenvalue weighted by atomic mass is 10.1. The Balaban J connectivity index is 2.26. The van der Waals surface area contributed by atoms with Crippen LogP contribution >= 0.6 is 11.6 Å². The number of nitrogens with one attached hydrogen (secondary N) is 1. The second-order valence-electron chi connectivity index (χ2n) is 6.07. The molecule has 0 unspecified atom stereocenters. The Morgan fingerprint density at radius 2 is 1.89 bits per heavy atom. The molecule has 0 fully saturated rings. The van der Waals surface area contributed by atoms with E-state index in [0.29, 0.717) is 38.5 Å². The number of carbonyl (C=O) groups is 2. The number of likely N-dealkylation sites (N-methyl/N-ethyl adjacent to an activating group) is 1. The quantitative estimate of drug-likeness (QED) is 0.740. The predicted octanol–water partition coefficient (Wildman–Crippen LogP) is 3.73. The van der Waals surface area contributed by atoms with Crippen molar-refractivity contribution in [3.8, 4) is 5.75 Å². The highest BCUT2D eigenvalue weighted by molar-refractivity contribution is 6.33. The number of hydrogen-bond acceptors (Lipinski definition) is 3. The highest BCUT2D eigenvalue weighted by Gasteiger charge is 2.22. The summed E-state index contributed by atoms with van der Waals surface area (Å²) < 4.78 is 20.0. The Kier molecular flexibility index (Phi) is 5.19. The third kappa shape index (κ3) is 3.40. The average Bonchev–Trinajstić information content (AvgIpc) is 2.91. The fourth-order valence-electron chi connectivity index (χ4n) is 3.09. The molecule has 2 aromatic carbocycles. The molecule has 1 heterocycles. The van der Waals surface area contributed by atoms with Crippen molar-refractivity contribution in [3.63, 3.8) is 0 Å². The fourth-order valence-corrected chi connectivity index (χ4v) is 3.33. The molecule has 0 saturated heterocycles. The number of benzene rings is 2. The molecule has 0 aliphatic carbocycles. The Hall–Kier alpha value is -2.86. The van der Waals surface area contributed by atoms with Crippen LogP contribution in [0, 0.1) is 12.7 Å². The van der Waals surface area contributed by atoms with Gasteiger partial charge in [0.1, 0.15) is 11.6 Å². The first-order chi connectivity index (χ1) is 12.9. The third-order valence-corrected chi connectivity index (χ3v) is 4.81. The molecule has 0 radical (unpaired) electrons. The summed E-state index contributed by atoms with van der Waals surface area (Å²) in [5.74, 6) is -0.482. The molecule has 1 amide bonds. The number of nitrogens with zero attached hydrogens (tertiary/aromatic N) is 1. The first kappa shape index (κ1) is 18.9. The number of ether oxygens (including phenoxy) is 1. The van der Waals surface area contributed by atoms with E-state index in [9.17, 15) is 14.0 Å². The topological polar surface area (TPSA) is 60.3 Å². The minimum absolute atomic E-state index is 0.104. The highest BCUT2D eigenvalue weighted by Crippen LogP contribution is 2.35. The molecule has 0 bridgehead atoms. The largest absolute Gasteiger partial charge is 0.495 e. The van der Waals surface area contributed by atoms with Crippen molar-refractivity contribution in [1.82, 2.24) is 9.88 Å². The van der Waals surface area contributed by atoms with Crippen LogP contribution in [-0.4, -0.2) is 30.5 Å². The van der Waals surface area contributed by atoms with Crippen molar-refractivity contribution in [3.05, 3.63) is 64.1 Å². The van der Waals surface area contributed by atoms with Gasteiger partial charge in [-0.05, 0) is 48.9 Å². The molecule has 0 aliphatic heterocycles. The van der Waals surface area contributed by atoms with Gasteiger partial charge in [-0.1, -0.05) is 11.6 Å². The van der Waals surface area contributed by atoms with Crippen LogP contribution in [0.2, 0.25) is 5.02 Å². The predicted molar refractivity (Wildman–Crippen MR) is 102 cm³/mol. The standard InChI is InChI=1S/C20H18ClFN2O3/c1-11-14(9-19(25)23-2)15-8-18(27-3)16(21)10-17(15)24(11)20(26)12-4-6-13(22)7-5-12/h4-8,10H,9H2,1-3H3,(H,23,25). The second kappa shape index (κ2) is 7.40. The maximum Gasteiger partial charge on any atom is 0.262 e. The minimum Gasteiger partial charge on any atom is -0.495 e. The van der Waals surface area contributed by atoms with Gasteiger partial charge in [0, 0.05) is 23.7 Å². The normalized spacial score (nSPS) is 10.9. The van der Waals surface area contributed by atoms with Crippen molar-refractivity contribution in [2.45, 2.75) is 13.3 Å². The molecule has 1 aromatic heterocycles. The zero-order valence-corrected chi connectivity index (χ0v) is 15.9. The number of aromatic nitrogens is 1. The summed E-state index contributed by atoms with van der Waals surface area (Å²) >= 11 is 6.26. The van der Waals surface area contributed by atoms with Gasteiger partial charge in [-0.15, -0.1) is 0 Å². The molecule has 0 aliphatic rings. The van der Waals surface area contributed by atoms with Crippen LogP contribution in [0.25, 0.3) is 10.9 Å². The molecule has 1 N–H and O–H groups in total. The van der Waals surface area contributed by atoms with E-state index in [1.165, 1.54) is 35.9 Å². The van der Waals surface area contributed by atoms with Crippen LogP contribution < -0.4 is 10.1 Å². The third-order valence-electron chi connectivity index (χ3n) is 4.52. The van der Waals surface area contributed by atoms with Crippen molar-refractivity contribution in [1.29, 1.82) is 0 Å². The number of fused-ring (bicyclic) bond motifs is 1. The second-order valence-corrected chi connectivity index (χ2v) is 6.47. The van der Waals surface area contributed by atoms with E-state index in [1.807, 2.05) is 0 Å². The summed E-state index contributed by atoms with van der Waals surface area (Å²) in [5.41, 5.74) is 2.21. The van der Waals surface area contributed by atoms with Crippen LogP contribution in [0.3, 0.4) is 0 Å². The maximum absolute atomic E-state index is 13.2.